The molecule has 1 aliphatic carbocycles. The van der Waals surface area contributed by atoms with E-state index in [9.17, 15) is 14.7 Å². The molecule has 2 aliphatic rings. The molecule has 142 valence electrons. The lowest BCUT2D eigenvalue weighted by Gasteiger charge is -2.27. The summed E-state index contributed by atoms with van der Waals surface area (Å²) < 4.78 is 0. The van der Waals surface area contributed by atoms with Crippen LogP contribution in [0, 0.1) is 11.3 Å². The predicted octanol–water partition coefficient (Wildman–Crippen LogP) is 3.00. The van der Waals surface area contributed by atoms with Crippen molar-refractivity contribution in [3.05, 3.63) is 35.4 Å². The number of hydrogen-bond donors (Lipinski definition) is 2. The molecule has 1 heterocycles. The lowest BCUT2D eigenvalue weighted by Crippen LogP contribution is -2.46. The van der Waals surface area contributed by atoms with Crippen LogP contribution in [0.15, 0.2) is 24.3 Å². The zero-order valence-electron chi connectivity index (χ0n) is 16.0. The summed E-state index contributed by atoms with van der Waals surface area (Å²) in [5.41, 5.74) is 1.72. The second-order valence-electron chi connectivity index (χ2n) is 7.98. The van der Waals surface area contributed by atoms with Crippen LogP contribution >= 0.6 is 0 Å². The van der Waals surface area contributed by atoms with Crippen molar-refractivity contribution in [1.82, 2.24) is 10.2 Å². The highest BCUT2D eigenvalue weighted by molar-refractivity contribution is 5.82. The molecule has 3 rings (SSSR count). The van der Waals surface area contributed by atoms with Gasteiger partial charge in [0.15, 0.2) is 0 Å². The molecule has 0 aromatic heterocycles. The first kappa shape index (κ1) is 18.9. The van der Waals surface area contributed by atoms with E-state index < -0.39 is 11.4 Å². The fourth-order valence-corrected chi connectivity index (χ4v) is 4.60. The third-order valence-corrected chi connectivity index (χ3v) is 6.50. The van der Waals surface area contributed by atoms with Gasteiger partial charge in [-0.25, -0.2) is 0 Å². The molecular formula is C21H30N2O3. The molecule has 1 amide bonds. The largest absolute Gasteiger partial charge is 0.481 e. The Bertz CT molecular complexity index is 672. The SMILES string of the molecule is CCc1ccc(C(C)NC(=O)C(C)N2C[C@@H]3CCC[C@@]3(C(=O)O)C2)cc1. The number of amides is 1. The molecular weight excluding hydrogens is 328 g/mol. The maximum atomic E-state index is 12.7. The predicted molar refractivity (Wildman–Crippen MR) is 101 cm³/mol. The zero-order chi connectivity index (χ0) is 18.9. The number of carbonyl (C=O) groups is 2. The van der Waals surface area contributed by atoms with Crippen molar-refractivity contribution < 1.29 is 14.7 Å². The van der Waals surface area contributed by atoms with Gasteiger partial charge in [0.1, 0.15) is 0 Å². The second-order valence-corrected chi connectivity index (χ2v) is 7.98. The Morgan fingerprint density at radius 2 is 2.00 bits per heavy atom. The van der Waals surface area contributed by atoms with E-state index in [2.05, 4.69) is 41.4 Å². The molecule has 1 aromatic carbocycles. The van der Waals surface area contributed by atoms with Crippen LogP contribution in [-0.4, -0.2) is 41.0 Å². The average molecular weight is 358 g/mol. The minimum absolute atomic E-state index is 0.0300. The standard InChI is InChI=1S/C21H30N2O3/c1-4-16-7-9-17(10-8-16)14(2)22-19(24)15(3)23-12-18-6-5-11-21(18,13-23)20(25)26/h7-10,14-15,18H,4-6,11-13H2,1-3H3,(H,22,24)(H,25,26)/t14?,15?,18-,21+/m0/s1. The molecule has 2 fully saturated rings. The summed E-state index contributed by atoms with van der Waals surface area (Å²) in [6.07, 6.45) is 3.67. The van der Waals surface area contributed by atoms with Gasteiger partial charge in [-0.15, -0.1) is 0 Å². The Balaban J connectivity index is 1.62. The number of carbonyl (C=O) groups excluding carboxylic acids is 1. The molecule has 0 spiro atoms. The Labute approximate surface area is 155 Å². The minimum Gasteiger partial charge on any atom is -0.481 e. The molecule has 1 saturated heterocycles. The number of fused-ring (bicyclic) bond motifs is 1. The number of nitrogens with one attached hydrogen (secondary N) is 1. The van der Waals surface area contributed by atoms with E-state index >= 15 is 0 Å². The molecule has 1 aliphatic heterocycles. The van der Waals surface area contributed by atoms with Gasteiger partial charge in [0.25, 0.3) is 0 Å². The van der Waals surface area contributed by atoms with Gasteiger partial charge in [0.05, 0.1) is 17.5 Å². The van der Waals surface area contributed by atoms with Gasteiger partial charge < -0.3 is 10.4 Å². The number of likely N-dealkylation sites (tertiary alicyclic amines) is 1. The van der Waals surface area contributed by atoms with Crippen LogP contribution in [0.2, 0.25) is 0 Å². The lowest BCUT2D eigenvalue weighted by molar-refractivity contribution is -0.149. The van der Waals surface area contributed by atoms with Crippen LogP contribution < -0.4 is 5.32 Å². The zero-order valence-corrected chi connectivity index (χ0v) is 16.0. The molecule has 0 radical (unpaired) electrons. The maximum absolute atomic E-state index is 12.7. The number of hydrogen-bond acceptors (Lipinski definition) is 3. The normalized spacial score (nSPS) is 27.7. The summed E-state index contributed by atoms with van der Waals surface area (Å²) in [5, 5.41) is 12.8. The molecule has 1 aromatic rings. The van der Waals surface area contributed by atoms with E-state index in [-0.39, 0.29) is 23.9 Å². The number of benzene rings is 1. The van der Waals surface area contributed by atoms with Crippen molar-refractivity contribution in [3.8, 4) is 0 Å². The van der Waals surface area contributed by atoms with Gasteiger partial charge in [-0.05, 0) is 50.2 Å². The van der Waals surface area contributed by atoms with Crippen molar-refractivity contribution in [2.24, 2.45) is 11.3 Å². The topological polar surface area (TPSA) is 69.6 Å². The van der Waals surface area contributed by atoms with Crippen molar-refractivity contribution in [1.29, 1.82) is 0 Å². The molecule has 5 heteroatoms. The minimum atomic E-state index is -0.695. The van der Waals surface area contributed by atoms with Gasteiger partial charge in [0.2, 0.25) is 5.91 Å². The Hall–Kier alpha value is -1.88. The van der Waals surface area contributed by atoms with E-state index in [4.69, 9.17) is 0 Å². The van der Waals surface area contributed by atoms with Crippen molar-refractivity contribution in [2.75, 3.05) is 13.1 Å². The smallest absolute Gasteiger partial charge is 0.311 e. The van der Waals surface area contributed by atoms with Crippen LogP contribution in [0.4, 0.5) is 0 Å². The Morgan fingerprint density at radius 3 is 2.58 bits per heavy atom. The number of carboxylic acids is 1. The molecule has 1 saturated carbocycles. The van der Waals surface area contributed by atoms with E-state index in [1.807, 2.05) is 13.8 Å². The van der Waals surface area contributed by atoms with E-state index in [0.29, 0.717) is 13.1 Å². The highest BCUT2D eigenvalue weighted by Gasteiger charge is 2.55. The van der Waals surface area contributed by atoms with Gasteiger partial charge >= 0.3 is 5.97 Å². The van der Waals surface area contributed by atoms with E-state index in [1.54, 1.807) is 0 Å². The highest BCUT2D eigenvalue weighted by Crippen LogP contribution is 2.49. The van der Waals surface area contributed by atoms with Crippen LogP contribution in [-0.2, 0) is 16.0 Å². The van der Waals surface area contributed by atoms with Crippen LogP contribution in [0.3, 0.4) is 0 Å². The molecule has 2 N–H and O–H groups in total. The number of carboxylic acid groups (broad SMARTS) is 1. The third-order valence-electron chi connectivity index (χ3n) is 6.50. The van der Waals surface area contributed by atoms with E-state index in [0.717, 1.165) is 31.2 Å². The molecule has 26 heavy (non-hydrogen) atoms. The highest BCUT2D eigenvalue weighted by atomic mass is 16.4. The van der Waals surface area contributed by atoms with Gasteiger partial charge in [-0.2, -0.15) is 0 Å². The van der Waals surface area contributed by atoms with Crippen LogP contribution in [0.25, 0.3) is 0 Å². The summed E-state index contributed by atoms with van der Waals surface area (Å²) in [6.45, 7) is 7.20. The third kappa shape index (κ3) is 3.37. The number of rotatable bonds is 6. The second kappa shape index (κ2) is 7.39. The first-order valence-electron chi connectivity index (χ1n) is 9.74. The first-order chi connectivity index (χ1) is 12.4. The first-order valence-corrected chi connectivity index (χ1v) is 9.74. The Kier molecular flexibility index (Phi) is 5.37. The summed E-state index contributed by atoms with van der Waals surface area (Å²) in [6, 6.07) is 7.95. The molecule has 5 nitrogen and oxygen atoms in total. The number of aliphatic carboxylic acids is 1. The van der Waals surface area contributed by atoms with Crippen molar-refractivity contribution >= 4 is 11.9 Å². The fraction of sp³-hybridized carbons (Fsp3) is 0.619. The summed E-state index contributed by atoms with van der Waals surface area (Å²) in [5.74, 6) is -0.550. The lowest BCUT2D eigenvalue weighted by atomic mass is 9.81. The van der Waals surface area contributed by atoms with Gasteiger partial charge in [-0.1, -0.05) is 37.6 Å². The van der Waals surface area contributed by atoms with Crippen molar-refractivity contribution in [3.63, 3.8) is 0 Å². The van der Waals surface area contributed by atoms with Gasteiger partial charge in [0, 0.05) is 13.1 Å². The summed E-state index contributed by atoms with van der Waals surface area (Å²) in [7, 11) is 0. The fourth-order valence-electron chi connectivity index (χ4n) is 4.60. The molecule has 2 unspecified atom stereocenters. The Morgan fingerprint density at radius 1 is 1.31 bits per heavy atom. The quantitative estimate of drug-likeness (QED) is 0.820. The van der Waals surface area contributed by atoms with E-state index in [1.165, 1.54) is 5.56 Å². The monoisotopic (exact) mass is 358 g/mol. The maximum Gasteiger partial charge on any atom is 0.311 e. The summed E-state index contributed by atoms with van der Waals surface area (Å²) >= 11 is 0. The average Bonchev–Trinajstić information content (AvgIpc) is 3.19. The number of aryl methyl sites for hydroxylation is 1. The van der Waals surface area contributed by atoms with Crippen LogP contribution in [0.1, 0.15) is 57.2 Å². The molecule has 4 atom stereocenters. The van der Waals surface area contributed by atoms with Crippen LogP contribution in [0.5, 0.6) is 0 Å². The van der Waals surface area contributed by atoms with Gasteiger partial charge in [-0.3, -0.25) is 14.5 Å². The summed E-state index contributed by atoms with van der Waals surface area (Å²) in [4.78, 5) is 26.6. The van der Waals surface area contributed by atoms with Crippen molar-refractivity contribution in [2.45, 2.75) is 58.5 Å². The molecule has 0 bridgehead atoms. The number of nitrogens with zero attached hydrogens (tertiary/aromatic N) is 1.